The van der Waals surface area contributed by atoms with E-state index in [4.69, 9.17) is 9.47 Å². The lowest BCUT2D eigenvalue weighted by molar-refractivity contribution is -0.169. The molecule has 0 amide bonds. The van der Waals surface area contributed by atoms with Gasteiger partial charge in [-0.1, -0.05) is 27.6 Å². The summed E-state index contributed by atoms with van der Waals surface area (Å²) < 4.78 is 11.5. The lowest BCUT2D eigenvalue weighted by Crippen LogP contribution is -2.60. The molecule has 4 nitrogen and oxygen atoms in total. The molecule has 1 saturated heterocycles. The summed E-state index contributed by atoms with van der Waals surface area (Å²) in [4.78, 5) is 0. The van der Waals surface area contributed by atoms with Gasteiger partial charge in [0.2, 0.25) is 0 Å². The van der Waals surface area contributed by atoms with Crippen molar-refractivity contribution in [1.29, 1.82) is 0 Å². The zero-order valence-corrected chi connectivity index (χ0v) is 14.9. The van der Waals surface area contributed by atoms with Crippen molar-refractivity contribution < 1.29 is 19.7 Å². The van der Waals surface area contributed by atoms with Crippen LogP contribution in [-0.4, -0.2) is 52.2 Å². The number of methoxy groups -OCH3 is 1. The maximum atomic E-state index is 11.0. The van der Waals surface area contributed by atoms with Crippen LogP contribution in [0.15, 0.2) is 11.6 Å². The number of ether oxygens (including phenoxy) is 2. The summed E-state index contributed by atoms with van der Waals surface area (Å²) in [7, 11) is 1.59. The van der Waals surface area contributed by atoms with Crippen LogP contribution < -0.4 is 0 Å². The summed E-state index contributed by atoms with van der Waals surface area (Å²) in [5.74, 6) is -0.242. The largest absolute Gasteiger partial charge is 0.390 e. The summed E-state index contributed by atoms with van der Waals surface area (Å²) in [5, 5.41) is 21.7. The van der Waals surface area contributed by atoms with Crippen molar-refractivity contribution in [3.05, 3.63) is 11.6 Å². The fourth-order valence-electron chi connectivity index (χ4n) is 3.72. The number of hydrogen-bond acceptors (Lipinski definition) is 4. The Bertz CT molecular complexity index is 409. The predicted octanol–water partition coefficient (Wildman–Crippen LogP) is 2.41. The van der Waals surface area contributed by atoms with Gasteiger partial charge in [0.1, 0.15) is 5.60 Å². The molecule has 0 aromatic rings. The summed E-state index contributed by atoms with van der Waals surface area (Å²) in [6, 6.07) is 0. The monoisotopic (exact) mass is 362 g/mol. The van der Waals surface area contributed by atoms with E-state index in [0.717, 1.165) is 6.42 Å². The number of aliphatic hydroxyl groups excluding tert-OH is 1. The first-order chi connectivity index (χ1) is 9.78. The van der Waals surface area contributed by atoms with E-state index in [0.29, 0.717) is 18.2 Å². The molecule has 2 rings (SSSR count). The second-order valence-corrected chi connectivity index (χ2v) is 7.39. The summed E-state index contributed by atoms with van der Waals surface area (Å²) in [6.45, 7) is 6.16. The van der Waals surface area contributed by atoms with Crippen molar-refractivity contribution in [2.24, 2.45) is 5.92 Å². The van der Waals surface area contributed by atoms with Gasteiger partial charge in [-0.05, 0) is 40.0 Å². The van der Waals surface area contributed by atoms with Gasteiger partial charge in [0.15, 0.2) is 0 Å². The molecular weight excluding hydrogens is 336 g/mol. The van der Waals surface area contributed by atoms with Crippen molar-refractivity contribution in [1.82, 2.24) is 0 Å². The second kappa shape index (κ2) is 6.28. The molecule has 2 N–H and O–H groups in total. The average molecular weight is 363 g/mol. The van der Waals surface area contributed by atoms with Crippen LogP contribution in [0.2, 0.25) is 0 Å². The summed E-state index contributed by atoms with van der Waals surface area (Å²) >= 11 is 3.43. The lowest BCUT2D eigenvalue weighted by Gasteiger charge is -2.47. The Morgan fingerprint density at radius 3 is 2.67 bits per heavy atom. The second-order valence-electron chi connectivity index (χ2n) is 6.83. The van der Waals surface area contributed by atoms with Crippen LogP contribution in [0.1, 0.15) is 40.0 Å². The third-order valence-corrected chi connectivity index (χ3v) is 5.97. The molecule has 21 heavy (non-hydrogen) atoms. The van der Waals surface area contributed by atoms with Crippen LogP contribution in [0.5, 0.6) is 0 Å². The maximum absolute atomic E-state index is 11.0. The molecule has 122 valence electrons. The molecule has 6 unspecified atom stereocenters. The van der Waals surface area contributed by atoms with E-state index in [2.05, 4.69) is 35.9 Å². The normalized spacial score (nSPS) is 46.2. The van der Waals surface area contributed by atoms with Crippen molar-refractivity contribution in [2.45, 2.75) is 69.5 Å². The Kier molecular flexibility index (Phi) is 5.21. The van der Waals surface area contributed by atoms with E-state index in [1.54, 1.807) is 7.11 Å². The number of epoxide rings is 1. The van der Waals surface area contributed by atoms with Gasteiger partial charge >= 0.3 is 0 Å². The van der Waals surface area contributed by atoms with Gasteiger partial charge in [-0.15, -0.1) is 0 Å². The Hall–Kier alpha value is 0.0600. The van der Waals surface area contributed by atoms with Crippen LogP contribution in [-0.2, 0) is 9.47 Å². The fraction of sp³-hybridized carbons (Fsp3) is 0.875. The van der Waals surface area contributed by atoms with E-state index in [1.807, 2.05) is 6.92 Å². The van der Waals surface area contributed by atoms with Gasteiger partial charge in [0.05, 0.1) is 23.9 Å². The molecule has 5 heteroatoms. The molecule has 2 fully saturated rings. The minimum Gasteiger partial charge on any atom is -0.390 e. The molecule has 1 saturated carbocycles. The number of aliphatic hydroxyl groups is 2. The first-order valence-corrected chi connectivity index (χ1v) is 8.71. The van der Waals surface area contributed by atoms with Crippen molar-refractivity contribution in [3.63, 3.8) is 0 Å². The van der Waals surface area contributed by atoms with Crippen LogP contribution in [0.4, 0.5) is 0 Å². The molecular formula is C16H27BrO4. The molecule has 0 bridgehead atoms. The molecule has 0 spiro atoms. The van der Waals surface area contributed by atoms with Gasteiger partial charge in [-0.25, -0.2) is 0 Å². The van der Waals surface area contributed by atoms with E-state index in [1.165, 1.54) is 5.57 Å². The molecule has 1 aliphatic heterocycles. The minimum atomic E-state index is -0.908. The van der Waals surface area contributed by atoms with Crippen molar-refractivity contribution >= 4 is 15.9 Å². The van der Waals surface area contributed by atoms with E-state index in [-0.39, 0.29) is 12.0 Å². The third-order valence-electron chi connectivity index (χ3n) is 5.00. The van der Waals surface area contributed by atoms with Crippen LogP contribution in [0, 0.1) is 5.92 Å². The Labute approximate surface area is 135 Å². The number of hydrogen-bond donors (Lipinski definition) is 2. The smallest absolute Gasteiger partial charge is 0.100 e. The van der Waals surface area contributed by atoms with E-state index < -0.39 is 23.4 Å². The number of alkyl halides is 1. The summed E-state index contributed by atoms with van der Waals surface area (Å²) in [6.07, 6.45) is 3.22. The number of halogens is 1. The quantitative estimate of drug-likeness (QED) is 0.447. The molecule has 0 aromatic carbocycles. The molecule has 0 radical (unpaired) electrons. The average Bonchev–Trinajstić information content (AvgIpc) is 3.10. The number of rotatable bonds is 5. The molecule has 1 aliphatic carbocycles. The maximum Gasteiger partial charge on any atom is 0.100 e. The molecule has 6 atom stereocenters. The lowest BCUT2D eigenvalue weighted by atomic mass is 9.66. The topological polar surface area (TPSA) is 62.2 Å². The van der Waals surface area contributed by atoms with Gasteiger partial charge in [0.25, 0.3) is 0 Å². The Morgan fingerprint density at radius 2 is 2.14 bits per heavy atom. The third kappa shape index (κ3) is 3.22. The highest BCUT2D eigenvalue weighted by Crippen LogP contribution is 2.54. The first-order valence-electron chi connectivity index (χ1n) is 7.59. The van der Waals surface area contributed by atoms with Gasteiger partial charge in [-0.3, -0.25) is 0 Å². The molecule has 0 aromatic heterocycles. The Morgan fingerprint density at radius 1 is 1.48 bits per heavy atom. The fourth-order valence-corrected chi connectivity index (χ4v) is 4.35. The standard InChI is InChI=1S/C16H27BrO4/c1-10(2)5-6-12-15(3,21-12)14-13(20-4)11(18)7-8-16(14,19)9-17/h5,11-14,18-19H,6-9H2,1-4H3. The van der Waals surface area contributed by atoms with Crippen molar-refractivity contribution in [2.75, 3.05) is 12.4 Å². The van der Waals surface area contributed by atoms with E-state index in [9.17, 15) is 10.2 Å². The van der Waals surface area contributed by atoms with Gasteiger partial charge in [-0.2, -0.15) is 0 Å². The van der Waals surface area contributed by atoms with Gasteiger partial charge < -0.3 is 19.7 Å². The van der Waals surface area contributed by atoms with Crippen LogP contribution in [0.25, 0.3) is 0 Å². The Balaban J connectivity index is 2.22. The summed E-state index contributed by atoms with van der Waals surface area (Å²) in [5.41, 5.74) is -0.0964. The first kappa shape index (κ1) is 17.4. The molecule has 2 aliphatic rings. The number of allylic oxidation sites excluding steroid dienone is 1. The zero-order chi connectivity index (χ0) is 15.8. The van der Waals surface area contributed by atoms with E-state index >= 15 is 0 Å². The minimum absolute atomic E-state index is 0.0749. The van der Waals surface area contributed by atoms with Gasteiger partial charge in [0, 0.05) is 18.4 Å². The van der Waals surface area contributed by atoms with Crippen LogP contribution >= 0.6 is 15.9 Å². The predicted molar refractivity (Wildman–Crippen MR) is 85.6 cm³/mol. The molecule has 1 heterocycles. The SMILES string of the molecule is COC1C(O)CCC(O)(CBr)C1C1(C)OC1CC=C(C)C. The highest BCUT2D eigenvalue weighted by molar-refractivity contribution is 9.09. The van der Waals surface area contributed by atoms with Crippen molar-refractivity contribution in [3.8, 4) is 0 Å². The van der Waals surface area contributed by atoms with Crippen LogP contribution in [0.3, 0.4) is 0 Å². The highest BCUT2D eigenvalue weighted by Gasteiger charge is 2.66. The highest BCUT2D eigenvalue weighted by atomic mass is 79.9. The zero-order valence-electron chi connectivity index (χ0n) is 13.3.